The molecule has 0 amide bonds. The van der Waals surface area contributed by atoms with Crippen molar-refractivity contribution in [3.05, 3.63) is 34.9 Å². The van der Waals surface area contributed by atoms with Gasteiger partial charge >= 0.3 is 0 Å². The van der Waals surface area contributed by atoms with Crippen molar-refractivity contribution in [2.45, 2.75) is 53.9 Å². The zero-order valence-corrected chi connectivity index (χ0v) is 10.9. The minimum absolute atomic E-state index is 0.346. The second-order valence-electron chi connectivity index (χ2n) is 5.54. The van der Waals surface area contributed by atoms with Gasteiger partial charge in [-0.2, -0.15) is 0 Å². The first kappa shape index (κ1) is 12.3. The monoisotopic (exact) mass is 204 g/mol. The molecule has 84 valence electrons. The van der Waals surface area contributed by atoms with Crippen molar-refractivity contribution >= 4 is 0 Å². The Morgan fingerprint density at radius 1 is 1.33 bits per heavy atom. The molecule has 0 heteroatoms. The van der Waals surface area contributed by atoms with Gasteiger partial charge in [-0.05, 0) is 56.6 Å². The van der Waals surface area contributed by atoms with Crippen LogP contribution in [0.25, 0.3) is 0 Å². The van der Waals surface area contributed by atoms with E-state index >= 15 is 0 Å². The molecule has 1 aliphatic carbocycles. The minimum atomic E-state index is 0.346. The van der Waals surface area contributed by atoms with Gasteiger partial charge in [0.2, 0.25) is 0 Å². The van der Waals surface area contributed by atoms with E-state index in [0.717, 1.165) is 0 Å². The van der Waals surface area contributed by atoms with Crippen molar-refractivity contribution in [1.82, 2.24) is 0 Å². The van der Waals surface area contributed by atoms with E-state index in [4.69, 9.17) is 0 Å². The van der Waals surface area contributed by atoms with Gasteiger partial charge < -0.3 is 0 Å². The first-order valence-electron chi connectivity index (χ1n) is 5.89. The smallest absolute Gasteiger partial charge is 0.0104 e. The largest absolute Gasteiger partial charge is 0.0958 e. The van der Waals surface area contributed by atoms with Gasteiger partial charge in [-0.3, -0.25) is 0 Å². The Balaban J connectivity index is 3.10. The lowest BCUT2D eigenvalue weighted by Crippen LogP contribution is -2.19. The molecule has 0 saturated carbocycles. The molecular weight excluding hydrogens is 180 g/mol. The van der Waals surface area contributed by atoms with Crippen molar-refractivity contribution < 1.29 is 0 Å². The zero-order chi connectivity index (χ0) is 11.6. The molecule has 0 aromatic rings. The normalized spacial score (nSPS) is 21.8. The van der Waals surface area contributed by atoms with Crippen LogP contribution in [-0.2, 0) is 0 Å². The molecule has 0 nitrogen and oxygen atoms in total. The molecule has 0 bridgehead atoms. The number of rotatable bonds is 2. The Labute approximate surface area is 94.8 Å². The van der Waals surface area contributed by atoms with Crippen LogP contribution in [0, 0.1) is 5.41 Å². The maximum absolute atomic E-state index is 4.00. The van der Waals surface area contributed by atoms with Crippen LogP contribution < -0.4 is 0 Å². The van der Waals surface area contributed by atoms with Gasteiger partial charge in [0.25, 0.3) is 0 Å². The maximum atomic E-state index is 4.00. The predicted octanol–water partition coefficient (Wildman–Crippen LogP) is 5.04. The first-order valence-corrected chi connectivity index (χ1v) is 5.89. The summed E-state index contributed by atoms with van der Waals surface area (Å²) in [6.07, 6.45) is 6.25. The minimum Gasteiger partial charge on any atom is -0.0958 e. The third-order valence-corrected chi connectivity index (χ3v) is 3.58. The van der Waals surface area contributed by atoms with E-state index in [2.05, 4.69) is 47.3 Å². The fourth-order valence-corrected chi connectivity index (χ4v) is 2.30. The van der Waals surface area contributed by atoms with Gasteiger partial charge in [0, 0.05) is 0 Å². The number of hydrogen-bond acceptors (Lipinski definition) is 0. The van der Waals surface area contributed by atoms with E-state index in [1.807, 2.05) is 0 Å². The van der Waals surface area contributed by atoms with E-state index in [1.54, 1.807) is 5.57 Å². The van der Waals surface area contributed by atoms with Crippen LogP contribution >= 0.6 is 0 Å². The maximum Gasteiger partial charge on any atom is -0.0104 e. The van der Waals surface area contributed by atoms with Gasteiger partial charge in [0.15, 0.2) is 0 Å². The van der Waals surface area contributed by atoms with Crippen LogP contribution in [0.15, 0.2) is 34.9 Å². The predicted molar refractivity (Wildman–Crippen MR) is 68.9 cm³/mol. The third kappa shape index (κ3) is 2.84. The molecule has 0 radical (unpaired) electrons. The number of hydrogen-bond donors (Lipinski definition) is 0. The third-order valence-electron chi connectivity index (χ3n) is 3.58. The molecule has 1 aliphatic rings. The quantitative estimate of drug-likeness (QED) is 0.553. The van der Waals surface area contributed by atoms with Gasteiger partial charge in [-0.1, -0.05) is 37.6 Å². The molecule has 1 rings (SSSR count). The molecule has 0 N–H and O–H groups in total. The SMILES string of the molecule is C=C(C)C(C)=CC1=C(C)CCCC1(C)C. The summed E-state index contributed by atoms with van der Waals surface area (Å²) in [4.78, 5) is 0. The van der Waals surface area contributed by atoms with E-state index in [9.17, 15) is 0 Å². The van der Waals surface area contributed by atoms with Crippen molar-refractivity contribution in [2.75, 3.05) is 0 Å². The summed E-state index contributed by atoms with van der Waals surface area (Å²) in [5.41, 5.74) is 5.94. The summed E-state index contributed by atoms with van der Waals surface area (Å²) in [5, 5.41) is 0. The lowest BCUT2D eigenvalue weighted by molar-refractivity contribution is 0.376. The molecule has 0 spiro atoms. The Morgan fingerprint density at radius 2 is 1.93 bits per heavy atom. The zero-order valence-electron chi connectivity index (χ0n) is 10.9. The van der Waals surface area contributed by atoms with Crippen LogP contribution in [0.4, 0.5) is 0 Å². The summed E-state index contributed by atoms with van der Waals surface area (Å²) in [7, 11) is 0. The van der Waals surface area contributed by atoms with E-state index < -0.39 is 0 Å². The fourth-order valence-electron chi connectivity index (χ4n) is 2.30. The van der Waals surface area contributed by atoms with E-state index in [-0.39, 0.29) is 0 Å². The fraction of sp³-hybridized carbons (Fsp3) is 0.600. The average molecular weight is 204 g/mol. The Kier molecular flexibility index (Phi) is 3.59. The molecule has 0 saturated heterocycles. The van der Waals surface area contributed by atoms with Crippen molar-refractivity contribution in [3.8, 4) is 0 Å². The highest BCUT2D eigenvalue weighted by molar-refractivity contribution is 5.39. The second-order valence-corrected chi connectivity index (χ2v) is 5.54. The molecule has 0 fully saturated rings. The van der Waals surface area contributed by atoms with Gasteiger partial charge in [0.1, 0.15) is 0 Å². The standard InChI is InChI=1S/C15H24/c1-11(2)13(4)10-14-12(3)8-7-9-15(14,5)6/h10H,1,7-9H2,2-6H3. The summed E-state index contributed by atoms with van der Waals surface area (Å²) in [6, 6.07) is 0. The lowest BCUT2D eigenvalue weighted by Gasteiger charge is -2.33. The summed E-state index contributed by atoms with van der Waals surface area (Å²) < 4.78 is 0. The molecule has 0 aromatic carbocycles. The highest BCUT2D eigenvalue weighted by atomic mass is 14.3. The Hall–Kier alpha value is -0.780. The van der Waals surface area contributed by atoms with Crippen LogP contribution in [0.2, 0.25) is 0 Å². The van der Waals surface area contributed by atoms with Gasteiger partial charge in [-0.15, -0.1) is 0 Å². The Bertz CT molecular complexity index is 324. The highest BCUT2D eigenvalue weighted by Crippen LogP contribution is 2.41. The van der Waals surface area contributed by atoms with Crippen LogP contribution in [0.5, 0.6) is 0 Å². The summed E-state index contributed by atoms with van der Waals surface area (Å²) in [5.74, 6) is 0. The topological polar surface area (TPSA) is 0 Å². The lowest BCUT2D eigenvalue weighted by atomic mass is 9.72. The molecule has 0 atom stereocenters. The molecule has 0 aliphatic heterocycles. The van der Waals surface area contributed by atoms with E-state index in [0.29, 0.717) is 5.41 Å². The molecule has 15 heavy (non-hydrogen) atoms. The van der Waals surface area contributed by atoms with Gasteiger partial charge in [0.05, 0.1) is 0 Å². The molecular formula is C15H24. The number of allylic oxidation sites excluding steroid dienone is 5. The summed E-state index contributed by atoms with van der Waals surface area (Å²) >= 11 is 0. The molecule has 0 unspecified atom stereocenters. The van der Waals surface area contributed by atoms with Crippen molar-refractivity contribution in [3.63, 3.8) is 0 Å². The van der Waals surface area contributed by atoms with E-state index in [1.165, 1.54) is 36.0 Å². The van der Waals surface area contributed by atoms with Crippen LogP contribution in [0.1, 0.15) is 53.9 Å². The molecule has 0 aromatic heterocycles. The summed E-state index contributed by atoms with van der Waals surface area (Å²) in [6.45, 7) is 15.2. The van der Waals surface area contributed by atoms with Crippen molar-refractivity contribution in [2.24, 2.45) is 5.41 Å². The van der Waals surface area contributed by atoms with Crippen molar-refractivity contribution in [1.29, 1.82) is 0 Å². The molecule has 0 heterocycles. The van der Waals surface area contributed by atoms with Crippen LogP contribution in [0.3, 0.4) is 0 Å². The first-order chi connectivity index (χ1) is 6.84. The second kappa shape index (κ2) is 4.38. The van der Waals surface area contributed by atoms with Crippen LogP contribution in [-0.4, -0.2) is 0 Å². The van der Waals surface area contributed by atoms with Gasteiger partial charge in [-0.25, -0.2) is 0 Å². The average Bonchev–Trinajstić information content (AvgIpc) is 2.10. The highest BCUT2D eigenvalue weighted by Gasteiger charge is 2.26. The Morgan fingerprint density at radius 3 is 2.40 bits per heavy atom.